The van der Waals surface area contributed by atoms with Gasteiger partial charge in [-0.1, -0.05) is 25.4 Å². The van der Waals surface area contributed by atoms with Gasteiger partial charge in [-0.15, -0.1) is 11.3 Å². The first-order valence-electron chi connectivity index (χ1n) is 4.08. The van der Waals surface area contributed by atoms with Crippen LogP contribution in [0.25, 0.3) is 0 Å². The minimum atomic E-state index is 0.535. The number of thiophene rings is 1. The fourth-order valence-corrected chi connectivity index (χ4v) is 2.69. The number of hydrogen-bond donors (Lipinski definition) is 1. The summed E-state index contributed by atoms with van der Waals surface area (Å²) in [7, 11) is 1.95. The lowest BCUT2D eigenvalue weighted by Gasteiger charge is -1.99. The molecule has 0 fully saturated rings. The number of nitrogens with one attached hydrogen (secondary N) is 1. The van der Waals surface area contributed by atoms with Gasteiger partial charge in [0.15, 0.2) is 0 Å². The monoisotopic (exact) mass is 203 g/mol. The predicted octanol–water partition coefficient (Wildman–Crippen LogP) is 3.24. The molecule has 12 heavy (non-hydrogen) atoms. The van der Waals surface area contributed by atoms with Crippen molar-refractivity contribution in [3.8, 4) is 0 Å². The van der Waals surface area contributed by atoms with E-state index >= 15 is 0 Å². The van der Waals surface area contributed by atoms with Crippen LogP contribution in [-0.4, -0.2) is 7.05 Å². The molecule has 1 heterocycles. The second-order valence-electron chi connectivity index (χ2n) is 3.11. The fourth-order valence-electron chi connectivity index (χ4n) is 1.09. The van der Waals surface area contributed by atoms with Crippen molar-refractivity contribution >= 4 is 22.9 Å². The van der Waals surface area contributed by atoms with Crippen LogP contribution in [-0.2, 0) is 6.54 Å². The summed E-state index contributed by atoms with van der Waals surface area (Å²) in [6, 6.07) is 2.05. The maximum absolute atomic E-state index is 6.06. The average Bonchev–Trinajstić information content (AvgIpc) is 2.32. The highest BCUT2D eigenvalue weighted by Gasteiger charge is 2.09. The van der Waals surface area contributed by atoms with Crippen LogP contribution in [0.5, 0.6) is 0 Å². The van der Waals surface area contributed by atoms with Crippen LogP contribution in [0.3, 0.4) is 0 Å². The molecular weight excluding hydrogens is 190 g/mol. The maximum Gasteiger partial charge on any atom is 0.0551 e. The topological polar surface area (TPSA) is 12.0 Å². The van der Waals surface area contributed by atoms with Gasteiger partial charge in [0.25, 0.3) is 0 Å². The largest absolute Gasteiger partial charge is 0.315 e. The lowest BCUT2D eigenvalue weighted by molar-refractivity contribution is 0.831. The third kappa shape index (κ3) is 2.22. The van der Waals surface area contributed by atoms with Crippen LogP contribution in [0.1, 0.15) is 29.5 Å². The number of hydrogen-bond acceptors (Lipinski definition) is 2. The normalized spacial score (nSPS) is 11.1. The van der Waals surface area contributed by atoms with Crippen LogP contribution in [0.2, 0.25) is 5.02 Å². The number of halogens is 1. The molecule has 1 aromatic rings. The summed E-state index contributed by atoms with van der Waals surface area (Å²) in [5.41, 5.74) is 0. The van der Waals surface area contributed by atoms with Crippen LogP contribution in [0.15, 0.2) is 6.07 Å². The molecule has 1 N–H and O–H groups in total. The molecule has 0 radical (unpaired) electrons. The van der Waals surface area contributed by atoms with Crippen molar-refractivity contribution in [1.82, 2.24) is 5.32 Å². The lowest BCUT2D eigenvalue weighted by Crippen LogP contribution is -2.02. The quantitative estimate of drug-likeness (QED) is 0.796. The molecular formula is C9H14ClNS. The van der Waals surface area contributed by atoms with E-state index in [9.17, 15) is 0 Å². The minimum absolute atomic E-state index is 0.535. The van der Waals surface area contributed by atoms with Gasteiger partial charge >= 0.3 is 0 Å². The van der Waals surface area contributed by atoms with Gasteiger partial charge in [-0.3, -0.25) is 0 Å². The first kappa shape index (κ1) is 10.0. The second-order valence-corrected chi connectivity index (χ2v) is 4.69. The Kier molecular flexibility index (Phi) is 3.56. The molecule has 0 aliphatic heterocycles. The first-order chi connectivity index (χ1) is 5.65. The van der Waals surface area contributed by atoms with Gasteiger partial charge in [0.2, 0.25) is 0 Å². The lowest BCUT2D eigenvalue weighted by atomic mass is 10.2. The third-order valence-corrected chi connectivity index (χ3v) is 3.50. The Morgan fingerprint density at radius 3 is 2.67 bits per heavy atom. The molecule has 0 saturated heterocycles. The standard InChI is InChI=1S/C9H14ClNS/c1-6(2)9-8(10)4-7(12-9)5-11-3/h4,6,11H,5H2,1-3H3. The van der Waals surface area contributed by atoms with Gasteiger partial charge < -0.3 is 5.32 Å². The number of rotatable bonds is 3. The molecule has 0 aliphatic rings. The van der Waals surface area contributed by atoms with Gasteiger partial charge in [0.1, 0.15) is 0 Å². The van der Waals surface area contributed by atoms with Crippen LogP contribution < -0.4 is 5.32 Å². The van der Waals surface area contributed by atoms with E-state index in [1.165, 1.54) is 9.75 Å². The molecule has 0 atom stereocenters. The minimum Gasteiger partial charge on any atom is -0.315 e. The molecule has 0 spiro atoms. The highest BCUT2D eigenvalue weighted by Crippen LogP contribution is 2.32. The molecule has 0 aliphatic carbocycles. The average molecular weight is 204 g/mol. The Morgan fingerprint density at radius 1 is 1.58 bits per heavy atom. The molecule has 1 nitrogen and oxygen atoms in total. The molecule has 68 valence electrons. The second kappa shape index (κ2) is 4.26. The van der Waals surface area contributed by atoms with E-state index in [1.807, 2.05) is 7.05 Å². The molecule has 1 aromatic heterocycles. The van der Waals surface area contributed by atoms with Gasteiger partial charge in [-0.2, -0.15) is 0 Å². The zero-order valence-electron chi connectivity index (χ0n) is 7.65. The summed E-state index contributed by atoms with van der Waals surface area (Å²) >= 11 is 7.86. The summed E-state index contributed by atoms with van der Waals surface area (Å²) in [6.07, 6.45) is 0. The van der Waals surface area contributed by atoms with Crippen molar-refractivity contribution < 1.29 is 0 Å². The Hall–Kier alpha value is -0.0500. The van der Waals surface area contributed by atoms with Crippen molar-refractivity contribution in [1.29, 1.82) is 0 Å². The zero-order chi connectivity index (χ0) is 9.14. The molecule has 0 aromatic carbocycles. The van der Waals surface area contributed by atoms with Gasteiger partial charge in [-0.05, 0) is 19.0 Å². The summed E-state index contributed by atoms with van der Waals surface area (Å²) < 4.78 is 0. The molecule has 0 unspecified atom stereocenters. The van der Waals surface area contributed by atoms with Crippen LogP contribution in [0.4, 0.5) is 0 Å². The van der Waals surface area contributed by atoms with Crippen molar-refractivity contribution in [3.63, 3.8) is 0 Å². The molecule has 0 amide bonds. The van der Waals surface area contributed by atoms with Crippen LogP contribution in [0, 0.1) is 0 Å². The summed E-state index contributed by atoms with van der Waals surface area (Å²) in [4.78, 5) is 2.60. The van der Waals surface area contributed by atoms with Gasteiger partial charge in [-0.25, -0.2) is 0 Å². The fraction of sp³-hybridized carbons (Fsp3) is 0.556. The highest BCUT2D eigenvalue weighted by atomic mass is 35.5. The zero-order valence-corrected chi connectivity index (χ0v) is 9.22. The van der Waals surface area contributed by atoms with Gasteiger partial charge in [0.05, 0.1) is 5.02 Å². The van der Waals surface area contributed by atoms with Crippen LogP contribution >= 0.6 is 22.9 Å². The molecule has 1 rings (SSSR count). The van der Waals surface area contributed by atoms with Crippen molar-refractivity contribution in [3.05, 3.63) is 20.8 Å². The highest BCUT2D eigenvalue weighted by molar-refractivity contribution is 7.12. The van der Waals surface area contributed by atoms with E-state index in [0.717, 1.165) is 11.6 Å². The van der Waals surface area contributed by atoms with E-state index in [1.54, 1.807) is 11.3 Å². The van der Waals surface area contributed by atoms with E-state index in [4.69, 9.17) is 11.6 Å². The molecule has 3 heteroatoms. The molecule has 0 bridgehead atoms. The van der Waals surface area contributed by atoms with Crippen molar-refractivity contribution in [2.75, 3.05) is 7.05 Å². The predicted molar refractivity (Wildman–Crippen MR) is 56.2 cm³/mol. The SMILES string of the molecule is CNCc1cc(Cl)c(C(C)C)s1. The Labute approximate surface area is 82.7 Å². The summed E-state index contributed by atoms with van der Waals surface area (Å²) in [5.74, 6) is 0.535. The first-order valence-corrected chi connectivity index (χ1v) is 5.27. The van der Waals surface area contributed by atoms with E-state index < -0.39 is 0 Å². The van der Waals surface area contributed by atoms with Crippen molar-refractivity contribution in [2.45, 2.75) is 26.3 Å². The summed E-state index contributed by atoms with van der Waals surface area (Å²) in [5, 5.41) is 4.03. The molecule has 0 saturated carbocycles. The third-order valence-electron chi connectivity index (χ3n) is 1.64. The Balaban J connectivity index is 2.85. The van der Waals surface area contributed by atoms with E-state index in [0.29, 0.717) is 5.92 Å². The van der Waals surface area contributed by atoms with Gasteiger partial charge in [0, 0.05) is 16.3 Å². The van der Waals surface area contributed by atoms with E-state index in [-0.39, 0.29) is 0 Å². The maximum atomic E-state index is 6.06. The van der Waals surface area contributed by atoms with E-state index in [2.05, 4.69) is 25.2 Å². The van der Waals surface area contributed by atoms with Crippen molar-refractivity contribution in [2.24, 2.45) is 0 Å². The summed E-state index contributed by atoms with van der Waals surface area (Å²) in [6.45, 7) is 5.25. The Bertz CT molecular complexity index is 255. The Morgan fingerprint density at radius 2 is 2.25 bits per heavy atom. The smallest absolute Gasteiger partial charge is 0.0551 e.